The van der Waals surface area contributed by atoms with Crippen molar-refractivity contribution in [3.8, 4) is 5.69 Å². The van der Waals surface area contributed by atoms with Crippen molar-refractivity contribution in [1.82, 2.24) is 18.9 Å². The van der Waals surface area contributed by atoms with Crippen LogP contribution >= 0.6 is 0 Å². The molecule has 11 heteroatoms. The molecule has 0 aromatic carbocycles. The van der Waals surface area contributed by atoms with E-state index in [1.165, 1.54) is 23.0 Å². The van der Waals surface area contributed by atoms with E-state index in [1.54, 1.807) is 18.7 Å². The zero-order valence-electron chi connectivity index (χ0n) is 22.1. The Hall–Kier alpha value is -3.34. The lowest BCUT2D eigenvalue weighted by Gasteiger charge is -2.33. The van der Waals surface area contributed by atoms with Crippen LogP contribution in [0.2, 0.25) is 0 Å². The number of fused-ring (bicyclic) bond motifs is 1. The number of likely N-dealkylation sites (tertiary alicyclic amines) is 1. The van der Waals surface area contributed by atoms with E-state index in [2.05, 4.69) is 27.0 Å². The summed E-state index contributed by atoms with van der Waals surface area (Å²) in [4.78, 5) is 20.1. The molecular formula is C28H32F3N7O+. The second kappa shape index (κ2) is 10.0. The van der Waals surface area contributed by atoms with Gasteiger partial charge in [0, 0.05) is 31.7 Å². The van der Waals surface area contributed by atoms with E-state index in [4.69, 9.17) is 0 Å². The Kier molecular flexibility index (Phi) is 6.65. The minimum atomic E-state index is -4.60. The fourth-order valence-electron chi connectivity index (χ4n) is 6.16. The van der Waals surface area contributed by atoms with Crippen molar-refractivity contribution in [1.29, 1.82) is 0 Å². The van der Waals surface area contributed by atoms with Gasteiger partial charge < -0.3 is 0 Å². The van der Waals surface area contributed by atoms with Gasteiger partial charge in [-0.3, -0.25) is 18.9 Å². The normalized spacial score (nSPS) is 21.9. The Morgan fingerprint density at radius 3 is 2.62 bits per heavy atom. The largest absolute Gasteiger partial charge is 0.418 e. The summed E-state index contributed by atoms with van der Waals surface area (Å²) in [5.41, 5.74) is 0.234. The van der Waals surface area contributed by atoms with Crippen LogP contribution < -0.4 is 5.69 Å². The molecule has 8 nitrogen and oxygen atoms in total. The molecule has 0 amide bonds. The van der Waals surface area contributed by atoms with Crippen LogP contribution in [0.3, 0.4) is 0 Å². The van der Waals surface area contributed by atoms with E-state index < -0.39 is 17.4 Å². The first kappa shape index (κ1) is 25.9. The van der Waals surface area contributed by atoms with E-state index >= 15 is 0 Å². The van der Waals surface area contributed by atoms with Crippen molar-refractivity contribution in [3.63, 3.8) is 0 Å². The van der Waals surface area contributed by atoms with Crippen LogP contribution in [0.5, 0.6) is 0 Å². The van der Waals surface area contributed by atoms with Crippen LogP contribution in [0.1, 0.15) is 61.6 Å². The molecule has 0 unspecified atom stereocenters. The minimum Gasteiger partial charge on any atom is -0.299 e. The van der Waals surface area contributed by atoms with Crippen LogP contribution in [0.25, 0.3) is 11.2 Å². The number of rotatable bonds is 6. The highest BCUT2D eigenvalue weighted by Gasteiger charge is 2.42. The number of hydrogen-bond donors (Lipinski definition) is 0. The maximum atomic E-state index is 14.2. The second-order valence-electron chi connectivity index (χ2n) is 11.2. The van der Waals surface area contributed by atoms with Crippen LogP contribution in [0, 0.1) is 18.0 Å². The van der Waals surface area contributed by atoms with Crippen molar-refractivity contribution in [2.45, 2.75) is 57.7 Å². The molecule has 3 aromatic heterocycles. The number of hydrogen-bond acceptors (Lipinski definition) is 5. The van der Waals surface area contributed by atoms with Gasteiger partial charge in [-0.2, -0.15) is 13.2 Å². The molecule has 1 saturated carbocycles. The van der Waals surface area contributed by atoms with Gasteiger partial charge in [0.25, 0.3) is 0 Å². The second-order valence-corrected chi connectivity index (χ2v) is 11.2. The molecule has 39 heavy (non-hydrogen) atoms. The molecule has 2 aliphatic heterocycles. The molecule has 1 aliphatic carbocycles. The number of pyridine rings is 2. The topological polar surface area (TPSA) is 70.3 Å². The van der Waals surface area contributed by atoms with Gasteiger partial charge in [-0.25, -0.2) is 9.37 Å². The molecule has 5 heterocycles. The van der Waals surface area contributed by atoms with Gasteiger partial charge in [0.2, 0.25) is 0 Å². The van der Waals surface area contributed by atoms with Gasteiger partial charge in [-0.15, -0.1) is 0 Å². The van der Waals surface area contributed by atoms with Crippen molar-refractivity contribution >= 4 is 11.9 Å². The molecular weight excluding hydrogens is 507 g/mol. The lowest BCUT2D eigenvalue weighted by Crippen LogP contribution is -2.34. The van der Waals surface area contributed by atoms with Gasteiger partial charge in [0.1, 0.15) is 0 Å². The fraction of sp³-hybridized carbons (Fsp3) is 0.500. The van der Waals surface area contributed by atoms with Gasteiger partial charge in [0.05, 0.1) is 41.0 Å². The van der Waals surface area contributed by atoms with Gasteiger partial charge in [-0.1, -0.05) is 13.3 Å². The van der Waals surface area contributed by atoms with Crippen molar-refractivity contribution < 1.29 is 17.7 Å². The number of imidazole rings is 1. The summed E-state index contributed by atoms with van der Waals surface area (Å²) in [5.74, 6) is 0.806. The molecule has 2 atom stereocenters. The van der Waals surface area contributed by atoms with Gasteiger partial charge >= 0.3 is 24.4 Å². The van der Waals surface area contributed by atoms with E-state index in [9.17, 15) is 18.0 Å². The third-order valence-electron chi connectivity index (χ3n) is 8.30. The SMILES string of the molecule is C[C@H]1CCCN(Cc2cc(C(F)(F)F)c3cn(-c4cncc([C@@H]([C]5N=NC=[N+]5C)C5CCC5)c4)c(=O)n3c2)C1. The number of azo groups is 1. The first-order valence-electron chi connectivity index (χ1n) is 13.5. The summed E-state index contributed by atoms with van der Waals surface area (Å²) < 4.78 is 46.9. The third-order valence-corrected chi connectivity index (χ3v) is 8.30. The quantitative estimate of drug-likeness (QED) is 0.402. The maximum Gasteiger partial charge on any atom is 0.418 e. The zero-order chi connectivity index (χ0) is 27.3. The number of halogens is 3. The summed E-state index contributed by atoms with van der Waals surface area (Å²) >= 11 is 0. The van der Waals surface area contributed by atoms with E-state index in [0.29, 0.717) is 29.6 Å². The first-order valence-corrected chi connectivity index (χ1v) is 13.5. The smallest absolute Gasteiger partial charge is 0.299 e. The van der Waals surface area contributed by atoms with Gasteiger partial charge in [0.15, 0.2) is 0 Å². The Labute approximate surface area is 224 Å². The molecule has 1 saturated heterocycles. The monoisotopic (exact) mass is 539 g/mol. The highest BCUT2D eigenvalue weighted by atomic mass is 19.4. The Balaban J connectivity index is 1.41. The van der Waals surface area contributed by atoms with E-state index in [0.717, 1.165) is 61.3 Å². The summed E-state index contributed by atoms with van der Waals surface area (Å²) in [7, 11) is 1.89. The molecule has 3 aromatic rings. The van der Waals surface area contributed by atoms with Crippen LogP contribution in [-0.2, 0) is 12.7 Å². The average Bonchev–Trinajstić information content (AvgIpc) is 3.43. The Morgan fingerprint density at radius 2 is 1.95 bits per heavy atom. The zero-order valence-corrected chi connectivity index (χ0v) is 22.1. The van der Waals surface area contributed by atoms with Crippen molar-refractivity contribution in [2.24, 2.45) is 22.1 Å². The highest BCUT2D eigenvalue weighted by Crippen LogP contribution is 2.46. The predicted octanol–water partition coefficient (Wildman–Crippen LogP) is 5.25. The number of nitrogens with zero attached hydrogens (tertiary/aromatic N) is 7. The van der Waals surface area contributed by atoms with Crippen LogP contribution in [-0.4, -0.2) is 49.9 Å². The molecule has 2 fully saturated rings. The average molecular weight is 540 g/mol. The molecule has 0 N–H and O–H groups in total. The lowest BCUT2D eigenvalue weighted by atomic mass is 9.72. The Bertz CT molecular complexity index is 1500. The number of piperidine rings is 1. The Morgan fingerprint density at radius 1 is 1.13 bits per heavy atom. The number of likely N-dealkylation sites (N-methyl/N-ethyl adjacent to an activating group) is 1. The third kappa shape index (κ3) is 4.92. The highest BCUT2D eigenvalue weighted by molar-refractivity contribution is 5.58. The molecule has 3 aliphatic rings. The molecule has 6 rings (SSSR count). The summed E-state index contributed by atoms with van der Waals surface area (Å²) in [5, 5.41) is 8.38. The molecule has 205 valence electrons. The summed E-state index contributed by atoms with van der Waals surface area (Å²) in [6.45, 7) is 4.20. The predicted molar refractivity (Wildman–Crippen MR) is 140 cm³/mol. The molecule has 1 radical (unpaired) electrons. The van der Waals surface area contributed by atoms with Gasteiger partial charge in [-0.05, 0) is 72.4 Å². The van der Waals surface area contributed by atoms with Crippen LogP contribution in [0.15, 0.2) is 51.9 Å². The number of aromatic nitrogens is 3. The van der Waals surface area contributed by atoms with Crippen LogP contribution in [0.4, 0.5) is 13.2 Å². The first-order chi connectivity index (χ1) is 18.7. The molecule has 0 bridgehead atoms. The minimum absolute atomic E-state index is 0.0595. The fourth-order valence-corrected chi connectivity index (χ4v) is 6.16. The van der Waals surface area contributed by atoms with E-state index in [1.807, 2.05) is 17.7 Å². The number of alkyl halides is 3. The lowest BCUT2D eigenvalue weighted by molar-refractivity contribution is -0.480. The van der Waals surface area contributed by atoms with Crippen molar-refractivity contribution in [3.05, 3.63) is 70.3 Å². The summed E-state index contributed by atoms with van der Waals surface area (Å²) in [6.07, 6.45) is 9.33. The molecule has 0 spiro atoms. The van der Waals surface area contributed by atoms with Crippen molar-refractivity contribution in [2.75, 3.05) is 20.1 Å². The maximum absolute atomic E-state index is 14.2. The standard InChI is InChI=1S/C28H32F3N7O/c1-18-5-4-8-36(13-18)14-19-9-23(28(29,30)31)24-16-37(27(39)38(24)15-19)22-10-21(11-32-12-22)25(20-6-3-7-20)26-34-33-17-35(26)2/h9-12,15-18,20,25H,3-8,13-14H2,1-2H3/q+1/t18-,25-/m0/s1. The summed E-state index contributed by atoms with van der Waals surface area (Å²) in [6, 6.07) is 3.03. The van der Waals surface area contributed by atoms with E-state index in [-0.39, 0.29) is 11.4 Å².